The number of nitrogens with zero attached hydrogens (tertiary/aromatic N) is 3. The van der Waals surface area contributed by atoms with Crippen LogP contribution in [0.25, 0.3) is 22.5 Å². The standard InChI is InChI=1S/C18H18N4O/c1-12-16(13(2)22-23-3)18(15-6-10-20-11-7-15)21-17(12)14-4-8-19-9-5-14/h4-11,21H,1-3H3/b22-13+. The predicted octanol–water partition coefficient (Wildman–Crippen LogP) is 3.82. The van der Waals surface area contributed by atoms with Crippen molar-refractivity contribution in [2.24, 2.45) is 5.16 Å². The van der Waals surface area contributed by atoms with Crippen LogP contribution in [-0.4, -0.2) is 27.8 Å². The number of oxime groups is 1. The summed E-state index contributed by atoms with van der Waals surface area (Å²) in [6, 6.07) is 7.93. The van der Waals surface area contributed by atoms with E-state index in [-0.39, 0.29) is 0 Å². The van der Waals surface area contributed by atoms with Gasteiger partial charge in [-0.3, -0.25) is 9.97 Å². The lowest BCUT2D eigenvalue weighted by Crippen LogP contribution is -1.99. The van der Waals surface area contributed by atoms with Gasteiger partial charge < -0.3 is 9.82 Å². The highest BCUT2D eigenvalue weighted by atomic mass is 16.6. The van der Waals surface area contributed by atoms with Crippen LogP contribution in [0.5, 0.6) is 0 Å². The van der Waals surface area contributed by atoms with Gasteiger partial charge in [0.25, 0.3) is 0 Å². The third kappa shape index (κ3) is 2.85. The summed E-state index contributed by atoms with van der Waals surface area (Å²) >= 11 is 0. The molecule has 0 bridgehead atoms. The maximum absolute atomic E-state index is 4.97. The van der Waals surface area contributed by atoms with E-state index in [0.29, 0.717) is 0 Å². The van der Waals surface area contributed by atoms with Gasteiger partial charge in [0.2, 0.25) is 0 Å². The molecular weight excluding hydrogens is 288 g/mol. The fraction of sp³-hybridized carbons (Fsp3) is 0.167. The molecule has 23 heavy (non-hydrogen) atoms. The van der Waals surface area contributed by atoms with Crippen LogP contribution in [-0.2, 0) is 4.84 Å². The van der Waals surface area contributed by atoms with Gasteiger partial charge in [-0.05, 0) is 43.7 Å². The molecule has 0 atom stereocenters. The largest absolute Gasteiger partial charge is 0.399 e. The zero-order valence-corrected chi connectivity index (χ0v) is 13.4. The molecule has 1 N–H and O–H groups in total. The summed E-state index contributed by atoms with van der Waals surface area (Å²) in [6.45, 7) is 4.03. The molecule has 3 aromatic rings. The van der Waals surface area contributed by atoms with E-state index in [1.807, 2.05) is 31.2 Å². The summed E-state index contributed by atoms with van der Waals surface area (Å²) in [4.78, 5) is 16.7. The molecule has 5 nitrogen and oxygen atoms in total. The summed E-state index contributed by atoms with van der Waals surface area (Å²) in [7, 11) is 1.56. The van der Waals surface area contributed by atoms with Crippen LogP contribution in [0.2, 0.25) is 0 Å². The Kier molecular flexibility index (Phi) is 4.19. The highest BCUT2D eigenvalue weighted by Crippen LogP contribution is 2.33. The Morgan fingerprint density at radius 2 is 1.48 bits per heavy atom. The highest BCUT2D eigenvalue weighted by molar-refractivity contribution is 6.06. The van der Waals surface area contributed by atoms with Crippen molar-refractivity contribution < 1.29 is 4.84 Å². The summed E-state index contributed by atoms with van der Waals surface area (Å²) in [6.07, 6.45) is 7.14. The van der Waals surface area contributed by atoms with Crippen molar-refractivity contribution in [1.29, 1.82) is 0 Å². The van der Waals surface area contributed by atoms with Crippen molar-refractivity contribution in [3.05, 3.63) is 60.2 Å². The monoisotopic (exact) mass is 306 g/mol. The Bertz CT molecular complexity index is 823. The fourth-order valence-corrected chi connectivity index (χ4v) is 2.77. The molecule has 0 aromatic carbocycles. The van der Waals surface area contributed by atoms with Crippen LogP contribution in [0.3, 0.4) is 0 Å². The van der Waals surface area contributed by atoms with Crippen molar-refractivity contribution in [3.8, 4) is 22.5 Å². The molecule has 116 valence electrons. The molecule has 0 unspecified atom stereocenters. The molecule has 0 aliphatic rings. The van der Waals surface area contributed by atoms with Crippen LogP contribution in [0.1, 0.15) is 18.1 Å². The SMILES string of the molecule is CO/N=C(\C)c1c(-c2ccncc2)[nH]c(-c2ccncc2)c1C. The van der Waals surface area contributed by atoms with Crippen LogP contribution in [0, 0.1) is 6.92 Å². The Labute approximate surface area is 135 Å². The molecule has 0 spiro atoms. The molecule has 0 fully saturated rings. The molecule has 0 saturated heterocycles. The number of aromatic nitrogens is 3. The second-order valence-corrected chi connectivity index (χ2v) is 5.21. The number of H-pyrrole nitrogens is 1. The number of hydrogen-bond donors (Lipinski definition) is 1. The average molecular weight is 306 g/mol. The first kappa shape index (κ1) is 15.0. The molecule has 0 saturated carbocycles. The maximum Gasteiger partial charge on any atom is 0.106 e. The summed E-state index contributed by atoms with van der Waals surface area (Å²) in [5, 5.41) is 4.12. The molecule has 3 rings (SSSR count). The Morgan fingerprint density at radius 3 is 2.00 bits per heavy atom. The van der Waals surface area contributed by atoms with E-state index >= 15 is 0 Å². The van der Waals surface area contributed by atoms with Gasteiger partial charge >= 0.3 is 0 Å². The lowest BCUT2D eigenvalue weighted by Gasteiger charge is -2.05. The van der Waals surface area contributed by atoms with E-state index in [4.69, 9.17) is 4.84 Å². The van der Waals surface area contributed by atoms with Gasteiger partial charge in [-0.1, -0.05) is 5.16 Å². The minimum atomic E-state index is 0.827. The summed E-state index contributed by atoms with van der Waals surface area (Å²) in [5.74, 6) is 0. The summed E-state index contributed by atoms with van der Waals surface area (Å²) < 4.78 is 0. The van der Waals surface area contributed by atoms with E-state index in [1.165, 1.54) is 0 Å². The maximum atomic E-state index is 4.97. The van der Waals surface area contributed by atoms with E-state index in [1.54, 1.807) is 31.9 Å². The first-order valence-electron chi connectivity index (χ1n) is 7.34. The molecule has 5 heteroatoms. The molecule has 0 aliphatic carbocycles. The first-order chi connectivity index (χ1) is 11.2. The van der Waals surface area contributed by atoms with Crippen molar-refractivity contribution >= 4 is 5.71 Å². The molecular formula is C18H18N4O. The van der Waals surface area contributed by atoms with Crippen LogP contribution < -0.4 is 0 Å². The fourth-order valence-electron chi connectivity index (χ4n) is 2.77. The third-order valence-corrected chi connectivity index (χ3v) is 3.78. The summed E-state index contributed by atoms with van der Waals surface area (Å²) in [5.41, 5.74) is 7.21. The molecule has 3 aromatic heterocycles. The van der Waals surface area contributed by atoms with Crippen LogP contribution in [0.4, 0.5) is 0 Å². The zero-order chi connectivity index (χ0) is 16.2. The van der Waals surface area contributed by atoms with Crippen molar-refractivity contribution in [2.75, 3.05) is 7.11 Å². The predicted molar refractivity (Wildman–Crippen MR) is 91.2 cm³/mol. The van der Waals surface area contributed by atoms with E-state index < -0.39 is 0 Å². The van der Waals surface area contributed by atoms with E-state index in [2.05, 4.69) is 27.0 Å². The third-order valence-electron chi connectivity index (χ3n) is 3.78. The second-order valence-electron chi connectivity index (χ2n) is 5.21. The molecule has 3 heterocycles. The van der Waals surface area contributed by atoms with Gasteiger partial charge in [0.15, 0.2) is 0 Å². The minimum Gasteiger partial charge on any atom is -0.399 e. The van der Waals surface area contributed by atoms with Gasteiger partial charge in [0.05, 0.1) is 11.4 Å². The normalized spacial score (nSPS) is 11.5. The number of pyridine rings is 2. The van der Waals surface area contributed by atoms with Crippen molar-refractivity contribution in [2.45, 2.75) is 13.8 Å². The Balaban J connectivity index is 2.24. The molecule has 0 aliphatic heterocycles. The average Bonchev–Trinajstić information content (AvgIpc) is 2.94. The van der Waals surface area contributed by atoms with Crippen LogP contribution >= 0.6 is 0 Å². The lowest BCUT2D eigenvalue weighted by atomic mass is 10.0. The Hall–Kier alpha value is -2.95. The Morgan fingerprint density at radius 1 is 0.957 bits per heavy atom. The van der Waals surface area contributed by atoms with E-state index in [0.717, 1.165) is 39.4 Å². The first-order valence-corrected chi connectivity index (χ1v) is 7.34. The van der Waals surface area contributed by atoms with Gasteiger partial charge in [0.1, 0.15) is 7.11 Å². The van der Waals surface area contributed by atoms with Gasteiger partial charge in [-0.15, -0.1) is 0 Å². The van der Waals surface area contributed by atoms with Gasteiger partial charge in [-0.2, -0.15) is 0 Å². The lowest BCUT2D eigenvalue weighted by molar-refractivity contribution is 0.213. The number of aromatic amines is 1. The number of rotatable bonds is 4. The van der Waals surface area contributed by atoms with Gasteiger partial charge in [-0.25, -0.2) is 0 Å². The van der Waals surface area contributed by atoms with Gasteiger partial charge in [0, 0.05) is 47.2 Å². The molecule has 0 radical (unpaired) electrons. The second kappa shape index (κ2) is 6.44. The topological polar surface area (TPSA) is 63.2 Å². The smallest absolute Gasteiger partial charge is 0.106 e. The van der Waals surface area contributed by atoms with Crippen LogP contribution in [0.15, 0.2) is 54.2 Å². The number of nitrogens with one attached hydrogen (secondary N) is 1. The quantitative estimate of drug-likeness (QED) is 0.589. The highest BCUT2D eigenvalue weighted by Gasteiger charge is 2.19. The minimum absolute atomic E-state index is 0.827. The number of hydrogen-bond acceptors (Lipinski definition) is 4. The zero-order valence-electron chi connectivity index (χ0n) is 13.4. The van der Waals surface area contributed by atoms with E-state index in [9.17, 15) is 0 Å². The molecule has 0 amide bonds. The van der Waals surface area contributed by atoms with Crippen molar-refractivity contribution in [1.82, 2.24) is 15.0 Å². The van der Waals surface area contributed by atoms with Crippen molar-refractivity contribution in [3.63, 3.8) is 0 Å².